The zero-order valence-electron chi connectivity index (χ0n) is 21.3. The van der Waals surface area contributed by atoms with Crippen LogP contribution in [0.3, 0.4) is 0 Å². The molecule has 6 N–H and O–H groups in total. The summed E-state index contributed by atoms with van der Waals surface area (Å²) in [6.07, 6.45) is 2.11. The minimum Gasteiger partial charge on any atom is -0.390 e. The smallest absolute Gasteiger partial charge is 0.159 e. The lowest BCUT2D eigenvalue weighted by atomic mass is 9.45. The van der Waals surface area contributed by atoms with Crippen molar-refractivity contribution in [1.82, 2.24) is 0 Å². The van der Waals surface area contributed by atoms with Crippen molar-refractivity contribution in [2.75, 3.05) is 0 Å². The molecule has 7 heteroatoms. The maximum Gasteiger partial charge on any atom is 0.159 e. The van der Waals surface area contributed by atoms with Gasteiger partial charge in [-0.25, -0.2) is 0 Å². The van der Waals surface area contributed by atoms with Gasteiger partial charge in [0.1, 0.15) is 0 Å². The third-order valence-electron chi connectivity index (χ3n) is 10.5. The van der Waals surface area contributed by atoms with Crippen LogP contribution in [-0.4, -0.2) is 71.5 Å². The molecule has 34 heavy (non-hydrogen) atoms. The largest absolute Gasteiger partial charge is 0.390 e. The normalized spacial score (nSPS) is 47.2. The SMILES string of the molecule is CC(C)(O)CC[C@H](O)[C@](C)(O)[C@H]1CC[C@@]2(O)C3=CC(=O)[C@@H]4C[C@H](O)[C@@H](O)C[C@]4(C)[C@@H]3CC[C@]12C. The number of fused-ring (bicyclic) bond motifs is 5. The number of aliphatic hydroxyl groups excluding tert-OH is 3. The first-order valence-electron chi connectivity index (χ1n) is 12.9. The Morgan fingerprint density at radius 3 is 2.32 bits per heavy atom. The highest BCUT2D eigenvalue weighted by Crippen LogP contribution is 2.68. The zero-order valence-corrected chi connectivity index (χ0v) is 21.3. The van der Waals surface area contributed by atoms with Gasteiger partial charge in [-0.2, -0.15) is 0 Å². The Morgan fingerprint density at radius 1 is 1.06 bits per heavy atom. The van der Waals surface area contributed by atoms with Gasteiger partial charge in [0.25, 0.3) is 0 Å². The minimum atomic E-state index is -1.46. The highest BCUT2D eigenvalue weighted by Gasteiger charge is 2.69. The molecule has 0 heterocycles. The van der Waals surface area contributed by atoms with Crippen LogP contribution >= 0.6 is 0 Å². The van der Waals surface area contributed by atoms with E-state index in [2.05, 4.69) is 0 Å². The summed E-state index contributed by atoms with van der Waals surface area (Å²) in [5.41, 5.74) is -4.27. The van der Waals surface area contributed by atoms with Gasteiger partial charge in [-0.15, -0.1) is 0 Å². The highest BCUT2D eigenvalue weighted by atomic mass is 16.3. The number of rotatable bonds is 5. The van der Waals surface area contributed by atoms with E-state index in [9.17, 15) is 35.4 Å². The quantitative estimate of drug-likeness (QED) is 0.353. The molecule has 0 saturated heterocycles. The fourth-order valence-corrected chi connectivity index (χ4v) is 8.32. The second kappa shape index (κ2) is 8.09. The molecule has 0 aromatic heterocycles. The van der Waals surface area contributed by atoms with Crippen LogP contribution in [0.5, 0.6) is 0 Å². The van der Waals surface area contributed by atoms with E-state index >= 15 is 0 Å². The summed E-state index contributed by atoms with van der Waals surface area (Å²) >= 11 is 0. The van der Waals surface area contributed by atoms with E-state index in [-0.39, 0.29) is 36.4 Å². The van der Waals surface area contributed by atoms with Gasteiger partial charge in [-0.05, 0) is 101 Å². The Morgan fingerprint density at radius 2 is 1.71 bits per heavy atom. The molecule has 0 aromatic rings. The Bertz CT molecular complexity index is 860. The van der Waals surface area contributed by atoms with E-state index in [1.807, 2.05) is 13.8 Å². The molecule has 0 spiro atoms. The van der Waals surface area contributed by atoms with Crippen LogP contribution in [-0.2, 0) is 4.79 Å². The number of aliphatic hydroxyl groups is 6. The van der Waals surface area contributed by atoms with Crippen LogP contribution in [0.4, 0.5) is 0 Å². The van der Waals surface area contributed by atoms with Crippen LogP contribution in [0.15, 0.2) is 11.6 Å². The molecule has 3 saturated carbocycles. The maximum atomic E-state index is 13.2. The Kier molecular flexibility index (Phi) is 6.24. The van der Waals surface area contributed by atoms with E-state index < -0.39 is 45.9 Å². The van der Waals surface area contributed by atoms with E-state index in [4.69, 9.17) is 0 Å². The average molecular weight is 481 g/mol. The van der Waals surface area contributed by atoms with Gasteiger partial charge in [0.05, 0.1) is 35.1 Å². The first kappa shape index (κ1) is 26.2. The molecule has 7 nitrogen and oxygen atoms in total. The summed E-state index contributed by atoms with van der Waals surface area (Å²) in [5, 5.41) is 65.5. The monoisotopic (exact) mass is 480 g/mol. The molecular formula is C27H44O7. The molecule has 0 aliphatic heterocycles. The topological polar surface area (TPSA) is 138 Å². The highest BCUT2D eigenvalue weighted by molar-refractivity contribution is 5.95. The molecular weight excluding hydrogens is 436 g/mol. The summed E-state index contributed by atoms with van der Waals surface area (Å²) in [5.74, 6) is -0.948. The second-order valence-corrected chi connectivity index (χ2v) is 13.2. The Labute approximate surface area is 202 Å². The van der Waals surface area contributed by atoms with Gasteiger partial charge in [0, 0.05) is 11.3 Å². The van der Waals surface area contributed by atoms with Crippen LogP contribution in [0.1, 0.15) is 86.0 Å². The van der Waals surface area contributed by atoms with E-state index in [0.717, 1.165) is 0 Å². The number of carbonyl (C=O) groups excluding carboxylic acids is 1. The van der Waals surface area contributed by atoms with Crippen molar-refractivity contribution in [3.63, 3.8) is 0 Å². The van der Waals surface area contributed by atoms with Crippen molar-refractivity contribution in [3.05, 3.63) is 11.6 Å². The molecule has 10 atom stereocenters. The number of carbonyl (C=O) groups is 1. The molecule has 4 aliphatic rings. The standard InChI is InChI=1S/C27H44O7/c1-23(2,32)9-8-22(31)26(5,33)21-7-11-27(34)16-12-18(28)17-13-19(29)20(30)14-24(17,3)15(16)6-10-25(21,27)4/h12,15,17,19-22,29-34H,6-11,13-14H2,1-5H3/t15-,17+,19+,20+,21+,22+,24-,25-,26-,27-/m1/s1. The third-order valence-corrected chi connectivity index (χ3v) is 10.5. The number of hydrogen-bond acceptors (Lipinski definition) is 7. The van der Waals surface area contributed by atoms with Gasteiger partial charge in [-0.3, -0.25) is 4.79 Å². The predicted molar refractivity (Wildman–Crippen MR) is 127 cm³/mol. The van der Waals surface area contributed by atoms with E-state index in [1.54, 1.807) is 26.8 Å². The number of hydrogen-bond donors (Lipinski definition) is 6. The van der Waals surface area contributed by atoms with Crippen molar-refractivity contribution in [2.24, 2.45) is 28.6 Å². The van der Waals surface area contributed by atoms with Gasteiger partial charge in [0.2, 0.25) is 0 Å². The van der Waals surface area contributed by atoms with Crippen molar-refractivity contribution in [3.8, 4) is 0 Å². The number of allylic oxidation sites excluding steroid dienone is 1. The minimum absolute atomic E-state index is 0.0840. The molecule has 0 unspecified atom stereocenters. The third kappa shape index (κ3) is 3.73. The second-order valence-electron chi connectivity index (χ2n) is 13.2. The average Bonchev–Trinajstić information content (AvgIpc) is 3.00. The maximum absolute atomic E-state index is 13.2. The van der Waals surface area contributed by atoms with Gasteiger partial charge >= 0.3 is 0 Å². The molecule has 3 fully saturated rings. The lowest BCUT2D eigenvalue weighted by molar-refractivity contribution is -0.177. The molecule has 194 valence electrons. The Balaban J connectivity index is 1.66. The first-order valence-corrected chi connectivity index (χ1v) is 12.9. The predicted octanol–water partition coefficient (Wildman–Crippen LogP) is 1.85. The molecule has 0 bridgehead atoms. The summed E-state index contributed by atoms with van der Waals surface area (Å²) in [7, 11) is 0. The van der Waals surface area contributed by atoms with Crippen molar-refractivity contribution in [2.45, 2.75) is 121 Å². The summed E-state index contributed by atoms with van der Waals surface area (Å²) in [6.45, 7) is 8.96. The van der Waals surface area contributed by atoms with Crippen molar-refractivity contribution in [1.29, 1.82) is 0 Å². The van der Waals surface area contributed by atoms with E-state index in [1.165, 1.54) is 0 Å². The zero-order chi connectivity index (χ0) is 25.5. The number of ketones is 1. The first-order chi connectivity index (χ1) is 15.5. The van der Waals surface area contributed by atoms with E-state index in [0.29, 0.717) is 44.1 Å². The fraction of sp³-hybridized carbons (Fsp3) is 0.889. The van der Waals surface area contributed by atoms with Crippen LogP contribution < -0.4 is 0 Å². The molecule has 4 aliphatic carbocycles. The molecule has 0 amide bonds. The lowest BCUT2D eigenvalue weighted by Crippen LogP contribution is -2.62. The van der Waals surface area contributed by atoms with Crippen LogP contribution in [0.2, 0.25) is 0 Å². The summed E-state index contributed by atoms with van der Waals surface area (Å²) < 4.78 is 0. The lowest BCUT2D eigenvalue weighted by Gasteiger charge is -2.60. The van der Waals surface area contributed by atoms with Gasteiger partial charge in [-0.1, -0.05) is 13.8 Å². The summed E-state index contributed by atoms with van der Waals surface area (Å²) in [4.78, 5) is 13.2. The Hall–Kier alpha value is -0.830. The van der Waals surface area contributed by atoms with Crippen LogP contribution in [0, 0.1) is 28.6 Å². The van der Waals surface area contributed by atoms with Crippen LogP contribution in [0.25, 0.3) is 0 Å². The van der Waals surface area contributed by atoms with Gasteiger partial charge in [0.15, 0.2) is 5.78 Å². The molecule has 0 aromatic carbocycles. The van der Waals surface area contributed by atoms with Crippen molar-refractivity contribution < 1.29 is 35.4 Å². The summed E-state index contributed by atoms with van der Waals surface area (Å²) in [6, 6.07) is 0. The molecule has 0 radical (unpaired) electrons. The fourth-order valence-electron chi connectivity index (χ4n) is 8.32. The molecule has 4 rings (SSSR count). The van der Waals surface area contributed by atoms with Gasteiger partial charge < -0.3 is 30.6 Å². The van der Waals surface area contributed by atoms with Crippen molar-refractivity contribution >= 4 is 5.78 Å².